The van der Waals surface area contributed by atoms with E-state index in [2.05, 4.69) is 4.90 Å². The molecule has 1 saturated carbocycles. The zero-order chi connectivity index (χ0) is 14.5. The summed E-state index contributed by atoms with van der Waals surface area (Å²) in [4.78, 5) is 13.8. The average molecular weight is 298 g/mol. The maximum Gasteiger partial charge on any atom is 0.320 e. The molecule has 0 spiro atoms. The molecule has 0 atom stereocenters. The molecule has 0 aromatic heterocycles. The van der Waals surface area contributed by atoms with Crippen molar-refractivity contribution in [1.82, 2.24) is 4.90 Å². The van der Waals surface area contributed by atoms with Crippen molar-refractivity contribution < 1.29 is 14.3 Å². The molecule has 4 nitrogen and oxygen atoms in total. The van der Waals surface area contributed by atoms with Crippen LogP contribution in [0.5, 0.6) is 5.75 Å². The van der Waals surface area contributed by atoms with Gasteiger partial charge in [-0.2, -0.15) is 0 Å². The standard InChI is InChI=1S/C15H20ClNO3/c1-3-20-15(18)10-17(13-5-6-13)9-11-8-12(16)4-7-14(11)19-2/h4,7-8,13H,3,5-6,9-10H2,1-2H3. The molecular formula is C15H20ClNO3. The summed E-state index contributed by atoms with van der Waals surface area (Å²) in [6, 6.07) is 6.01. The molecule has 1 aromatic carbocycles. The third-order valence-corrected chi connectivity index (χ3v) is 3.55. The van der Waals surface area contributed by atoms with Crippen LogP contribution in [0, 0.1) is 0 Å². The van der Waals surface area contributed by atoms with Crippen molar-refractivity contribution in [3.63, 3.8) is 0 Å². The first kappa shape index (κ1) is 15.1. The van der Waals surface area contributed by atoms with Crippen LogP contribution in [0.1, 0.15) is 25.3 Å². The van der Waals surface area contributed by atoms with Crippen LogP contribution in [0.2, 0.25) is 5.02 Å². The van der Waals surface area contributed by atoms with Gasteiger partial charge >= 0.3 is 5.97 Å². The highest BCUT2D eigenvalue weighted by Crippen LogP contribution is 2.31. The van der Waals surface area contributed by atoms with Crippen molar-refractivity contribution in [2.45, 2.75) is 32.4 Å². The third-order valence-electron chi connectivity index (χ3n) is 3.32. The van der Waals surface area contributed by atoms with E-state index in [-0.39, 0.29) is 5.97 Å². The highest BCUT2D eigenvalue weighted by molar-refractivity contribution is 6.30. The Morgan fingerprint density at radius 2 is 2.20 bits per heavy atom. The Hall–Kier alpha value is -1.26. The van der Waals surface area contributed by atoms with Crippen molar-refractivity contribution in [2.24, 2.45) is 0 Å². The molecule has 0 N–H and O–H groups in total. The van der Waals surface area contributed by atoms with Gasteiger partial charge in [-0.15, -0.1) is 0 Å². The molecule has 1 aromatic rings. The average Bonchev–Trinajstić information content (AvgIpc) is 3.23. The lowest BCUT2D eigenvalue weighted by atomic mass is 10.2. The Balaban J connectivity index is 2.08. The van der Waals surface area contributed by atoms with Crippen molar-refractivity contribution in [2.75, 3.05) is 20.3 Å². The summed E-state index contributed by atoms with van der Waals surface area (Å²) in [6.07, 6.45) is 2.25. The van der Waals surface area contributed by atoms with Gasteiger partial charge in [-0.05, 0) is 38.0 Å². The molecule has 0 bridgehead atoms. The van der Waals surface area contributed by atoms with Crippen molar-refractivity contribution >= 4 is 17.6 Å². The van der Waals surface area contributed by atoms with E-state index in [1.807, 2.05) is 19.1 Å². The third kappa shape index (κ3) is 4.12. The zero-order valence-electron chi connectivity index (χ0n) is 11.9. The molecule has 2 rings (SSSR count). The van der Waals surface area contributed by atoms with Crippen LogP contribution in [-0.4, -0.2) is 37.2 Å². The highest BCUT2D eigenvalue weighted by Gasteiger charge is 2.31. The molecule has 0 heterocycles. The number of hydrogen-bond donors (Lipinski definition) is 0. The molecular weight excluding hydrogens is 278 g/mol. The Kier molecular flexibility index (Phi) is 5.26. The predicted octanol–water partition coefficient (Wildman–Crippen LogP) is 2.88. The first-order chi connectivity index (χ1) is 9.63. The van der Waals surface area contributed by atoms with Crippen molar-refractivity contribution in [1.29, 1.82) is 0 Å². The highest BCUT2D eigenvalue weighted by atomic mass is 35.5. The van der Waals surface area contributed by atoms with Gasteiger partial charge in [0.05, 0.1) is 20.3 Å². The molecule has 110 valence electrons. The normalized spacial score (nSPS) is 14.4. The summed E-state index contributed by atoms with van der Waals surface area (Å²) in [5.74, 6) is 0.615. The second kappa shape index (κ2) is 6.95. The fraction of sp³-hybridized carbons (Fsp3) is 0.533. The first-order valence-corrected chi connectivity index (χ1v) is 7.24. The van der Waals surface area contributed by atoms with Crippen LogP contribution in [0.4, 0.5) is 0 Å². The Labute approximate surface area is 124 Å². The minimum Gasteiger partial charge on any atom is -0.496 e. The number of ether oxygens (including phenoxy) is 2. The maximum absolute atomic E-state index is 11.7. The number of esters is 1. The number of nitrogens with zero attached hydrogens (tertiary/aromatic N) is 1. The van der Waals surface area contributed by atoms with Crippen LogP contribution in [0.15, 0.2) is 18.2 Å². The summed E-state index contributed by atoms with van der Waals surface area (Å²) in [7, 11) is 1.64. The van der Waals surface area contributed by atoms with E-state index in [9.17, 15) is 4.79 Å². The summed E-state index contributed by atoms with van der Waals surface area (Å²) in [5.41, 5.74) is 0.996. The second-order valence-corrected chi connectivity index (χ2v) is 5.33. The largest absolute Gasteiger partial charge is 0.496 e. The fourth-order valence-corrected chi connectivity index (χ4v) is 2.41. The number of hydrogen-bond acceptors (Lipinski definition) is 4. The lowest BCUT2D eigenvalue weighted by molar-refractivity contribution is -0.144. The Morgan fingerprint density at radius 3 is 2.80 bits per heavy atom. The van der Waals surface area contributed by atoms with Crippen LogP contribution >= 0.6 is 11.6 Å². The van der Waals surface area contributed by atoms with E-state index in [1.54, 1.807) is 13.2 Å². The number of carbonyl (C=O) groups is 1. The molecule has 0 amide bonds. The monoisotopic (exact) mass is 297 g/mol. The predicted molar refractivity (Wildman–Crippen MR) is 78.1 cm³/mol. The van der Waals surface area contributed by atoms with Gasteiger partial charge in [0, 0.05) is 23.2 Å². The Bertz CT molecular complexity index is 474. The number of methoxy groups -OCH3 is 1. The number of rotatable bonds is 7. The summed E-state index contributed by atoms with van der Waals surface area (Å²) < 4.78 is 10.4. The smallest absolute Gasteiger partial charge is 0.320 e. The van der Waals surface area contributed by atoms with Crippen molar-refractivity contribution in [3.8, 4) is 5.75 Å². The number of benzene rings is 1. The van der Waals surface area contributed by atoms with E-state index in [4.69, 9.17) is 21.1 Å². The zero-order valence-corrected chi connectivity index (χ0v) is 12.7. The lowest BCUT2D eigenvalue weighted by Crippen LogP contribution is -2.32. The van der Waals surface area contributed by atoms with Gasteiger partial charge in [-0.3, -0.25) is 9.69 Å². The lowest BCUT2D eigenvalue weighted by Gasteiger charge is -2.22. The second-order valence-electron chi connectivity index (χ2n) is 4.90. The van der Waals surface area contributed by atoms with Crippen LogP contribution < -0.4 is 4.74 Å². The molecule has 0 aliphatic heterocycles. The summed E-state index contributed by atoms with van der Waals surface area (Å²) in [5, 5.41) is 0.674. The summed E-state index contributed by atoms with van der Waals surface area (Å²) in [6.45, 7) is 3.19. The van der Waals surface area contributed by atoms with Crippen molar-refractivity contribution in [3.05, 3.63) is 28.8 Å². The number of halogens is 1. The quantitative estimate of drug-likeness (QED) is 0.726. The topological polar surface area (TPSA) is 38.8 Å². The molecule has 5 heteroatoms. The van der Waals surface area contributed by atoms with E-state index < -0.39 is 0 Å². The van der Waals surface area contributed by atoms with Gasteiger partial charge in [0.25, 0.3) is 0 Å². The molecule has 1 aliphatic rings. The minimum absolute atomic E-state index is 0.180. The van der Waals surface area contributed by atoms with E-state index in [1.165, 1.54) is 0 Å². The van der Waals surface area contributed by atoms with Crippen LogP contribution in [0.3, 0.4) is 0 Å². The SMILES string of the molecule is CCOC(=O)CN(Cc1cc(Cl)ccc1OC)C1CC1. The molecule has 20 heavy (non-hydrogen) atoms. The van der Waals surface area contributed by atoms with Gasteiger partial charge in [0.15, 0.2) is 0 Å². The molecule has 0 saturated heterocycles. The van der Waals surface area contributed by atoms with Gasteiger partial charge in [0.1, 0.15) is 5.75 Å². The Morgan fingerprint density at radius 1 is 1.45 bits per heavy atom. The van der Waals surface area contributed by atoms with Gasteiger partial charge in [-0.1, -0.05) is 11.6 Å². The summed E-state index contributed by atoms with van der Waals surface area (Å²) >= 11 is 6.04. The van der Waals surface area contributed by atoms with E-state index in [0.717, 1.165) is 24.2 Å². The molecule has 1 fully saturated rings. The van der Waals surface area contributed by atoms with Gasteiger partial charge in [-0.25, -0.2) is 0 Å². The molecule has 0 unspecified atom stereocenters. The first-order valence-electron chi connectivity index (χ1n) is 6.86. The van der Waals surface area contributed by atoms with E-state index in [0.29, 0.717) is 30.8 Å². The maximum atomic E-state index is 11.7. The number of carbonyl (C=O) groups excluding carboxylic acids is 1. The van der Waals surface area contributed by atoms with Gasteiger partial charge in [0.2, 0.25) is 0 Å². The molecule has 0 radical (unpaired) electrons. The van der Waals surface area contributed by atoms with Crippen LogP contribution in [0.25, 0.3) is 0 Å². The van der Waals surface area contributed by atoms with E-state index >= 15 is 0 Å². The minimum atomic E-state index is -0.180. The fourth-order valence-electron chi connectivity index (χ4n) is 2.22. The molecule has 1 aliphatic carbocycles. The van der Waals surface area contributed by atoms with Crippen LogP contribution in [-0.2, 0) is 16.1 Å². The van der Waals surface area contributed by atoms with Gasteiger partial charge < -0.3 is 9.47 Å².